The highest BCUT2D eigenvalue weighted by molar-refractivity contribution is 7.10. The molecule has 130 valence electrons. The molecule has 2 heterocycles. The van der Waals surface area contributed by atoms with E-state index in [1.807, 2.05) is 35.6 Å². The van der Waals surface area contributed by atoms with Crippen molar-refractivity contribution < 1.29 is 9.59 Å². The van der Waals surface area contributed by atoms with E-state index in [1.165, 1.54) is 21.4 Å². The molecular formula is C19H21N3O2S. The predicted octanol–water partition coefficient (Wildman–Crippen LogP) is 2.89. The Labute approximate surface area is 151 Å². The topological polar surface area (TPSA) is 52.7 Å². The normalized spacial score (nSPS) is 13.1. The Morgan fingerprint density at radius 3 is 2.80 bits per heavy atom. The fourth-order valence-corrected chi connectivity index (χ4v) is 3.76. The number of carbonyl (C=O) groups excluding carboxylic acids is 2. The first-order valence-corrected chi connectivity index (χ1v) is 9.02. The fourth-order valence-electron chi connectivity index (χ4n) is 2.87. The summed E-state index contributed by atoms with van der Waals surface area (Å²) in [4.78, 5) is 28.6. The number of hydrogen-bond donors (Lipinski definition) is 1. The van der Waals surface area contributed by atoms with Crippen molar-refractivity contribution in [3.05, 3.63) is 58.8 Å². The molecule has 0 radical (unpaired) electrons. The number of carbonyl (C=O) groups is 2. The highest BCUT2D eigenvalue weighted by Crippen LogP contribution is 2.28. The zero-order chi connectivity index (χ0) is 17.8. The van der Waals surface area contributed by atoms with Gasteiger partial charge in [0, 0.05) is 36.4 Å². The second-order valence-electron chi connectivity index (χ2n) is 6.03. The van der Waals surface area contributed by atoms with Gasteiger partial charge >= 0.3 is 0 Å². The van der Waals surface area contributed by atoms with Gasteiger partial charge in [-0.15, -0.1) is 11.3 Å². The van der Waals surface area contributed by atoms with Gasteiger partial charge < -0.3 is 15.1 Å². The van der Waals surface area contributed by atoms with Crippen molar-refractivity contribution in [2.75, 3.05) is 30.4 Å². The number of rotatable bonds is 5. The number of hydrogen-bond acceptors (Lipinski definition) is 4. The molecule has 0 bridgehead atoms. The lowest BCUT2D eigenvalue weighted by Gasteiger charge is -2.29. The van der Waals surface area contributed by atoms with Crippen molar-refractivity contribution >= 4 is 34.5 Å². The lowest BCUT2D eigenvalue weighted by atomic mass is 10.1. The molecule has 1 aliphatic rings. The molecule has 1 N–H and O–H groups in total. The van der Waals surface area contributed by atoms with Gasteiger partial charge in [-0.3, -0.25) is 9.59 Å². The van der Waals surface area contributed by atoms with Crippen LogP contribution in [-0.4, -0.2) is 36.9 Å². The summed E-state index contributed by atoms with van der Waals surface area (Å²) in [6, 6.07) is 10.0. The molecule has 0 unspecified atom stereocenters. The molecule has 2 aromatic rings. The van der Waals surface area contributed by atoms with Crippen LogP contribution in [-0.2, 0) is 22.6 Å². The summed E-state index contributed by atoms with van der Waals surface area (Å²) in [5.74, 6) is -0.505. The van der Waals surface area contributed by atoms with Crippen molar-refractivity contribution in [2.45, 2.75) is 13.0 Å². The largest absolute Gasteiger partial charge is 0.367 e. The van der Waals surface area contributed by atoms with Crippen molar-refractivity contribution in [3.63, 3.8) is 0 Å². The molecule has 25 heavy (non-hydrogen) atoms. The van der Waals surface area contributed by atoms with Gasteiger partial charge in [0.2, 0.25) is 11.8 Å². The van der Waals surface area contributed by atoms with E-state index in [0.29, 0.717) is 0 Å². The average Bonchev–Trinajstić information content (AvgIpc) is 3.09. The predicted molar refractivity (Wildman–Crippen MR) is 102 cm³/mol. The fraction of sp³-hybridized carbons (Fsp3) is 0.263. The van der Waals surface area contributed by atoms with Gasteiger partial charge in [-0.1, -0.05) is 6.58 Å². The number of nitrogens with zero attached hydrogens (tertiary/aromatic N) is 2. The molecule has 0 aliphatic carbocycles. The quantitative estimate of drug-likeness (QED) is 0.839. The lowest BCUT2D eigenvalue weighted by molar-refractivity contribution is -0.129. The second-order valence-corrected chi connectivity index (χ2v) is 7.03. The smallest absolute Gasteiger partial charge is 0.246 e. The Balaban J connectivity index is 1.58. The van der Waals surface area contributed by atoms with Crippen LogP contribution in [0.25, 0.3) is 0 Å². The third kappa shape index (κ3) is 4.09. The van der Waals surface area contributed by atoms with Crippen LogP contribution in [0.3, 0.4) is 0 Å². The summed E-state index contributed by atoms with van der Waals surface area (Å²) >= 11 is 1.83. The van der Waals surface area contributed by atoms with Crippen LogP contribution < -0.4 is 10.2 Å². The van der Waals surface area contributed by atoms with Gasteiger partial charge in [-0.25, -0.2) is 0 Å². The Kier molecular flexibility index (Phi) is 5.19. The van der Waals surface area contributed by atoms with Crippen LogP contribution in [0.2, 0.25) is 0 Å². The minimum Gasteiger partial charge on any atom is -0.367 e. The van der Waals surface area contributed by atoms with Crippen LogP contribution >= 0.6 is 11.3 Å². The summed E-state index contributed by atoms with van der Waals surface area (Å²) in [7, 11) is 1.57. The minimum atomic E-state index is -0.275. The summed E-state index contributed by atoms with van der Waals surface area (Å²) in [5, 5.41) is 4.96. The van der Waals surface area contributed by atoms with E-state index in [-0.39, 0.29) is 18.4 Å². The van der Waals surface area contributed by atoms with Crippen LogP contribution in [0.1, 0.15) is 10.4 Å². The van der Waals surface area contributed by atoms with Crippen molar-refractivity contribution in [2.24, 2.45) is 0 Å². The zero-order valence-corrected chi connectivity index (χ0v) is 15.0. The number of nitrogens with one attached hydrogen (secondary N) is 1. The molecule has 0 saturated heterocycles. The highest BCUT2D eigenvalue weighted by Gasteiger charge is 2.17. The SMILES string of the molecule is C=CC(=O)N(C)CC(=O)Nc1ccc(N2CCc3sccc3C2)cc1. The highest BCUT2D eigenvalue weighted by atomic mass is 32.1. The number of amides is 2. The Morgan fingerprint density at radius 2 is 2.08 bits per heavy atom. The monoisotopic (exact) mass is 355 g/mol. The van der Waals surface area contributed by atoms with E-state index < -0.39 is 0 Å². The van der Waals surface area contributed by atoms with Crippen molar-refractivity contribution in [1.29, 1.82) is 0 Å². The van der Waals surface area contributed by atoms with E-state index in [9.17, 15) is 9.59 Å². The first kappa shape index (κ1) is 17.2. The molecule has 5 nitrogen and oxygen atoms in total. The first-order valence-electron chi connectivity index (χ1n) is 8.14. The standard InChI is InChI=1S/C19H21N3O2S/c1-3-19(24)21(2)13-18(23)20-15-4-6-16(7-5-15)22-10-8-17-14(12-22)9-11-25-17/h3-7,9,11H,1,8,10,12-13H2,2H3,(H,20,23). The van der Waals surface area contributed by atoms with E-state index in [1.54, 1.807) is 7.05 Å². The molecule has 1 aromatic heterocycles. The number of likely N-dealkylation sites (N-methyl/N-ethyl adjacent to an activating group) is 1. The van der Waals surface area contributed by atoms with Crippen LogP contribution in [0.4, 0.5) is 11.4 Å². The second kappa shape index (κ2) is 7.53. The summed E-state index contributed by atoms with van der Waals surface area (Å²) in [6.45, 7) is 5.35. The molecule has 6 heteroatoms. The summed E-state index contributed by atoms with van der Waals surface area (Å²) in [5.41, 5.74) is 3.28. The van der Waals surface area contributed by atoms with E-state index >= 15 is 0 Å². The summed E-state index contributed by atoms with van der Waals surface area (Å²) < 4.78 is 0. The molecule has 2 amide bonds. The van der Waals surface area contributed by atoms with Crippen LogP contribution in [0.5, 0.6) is 0 Å². The molecule has 0 spiro atoms. The third-order valence-electron chi connectivity index (χ3n) is 4.26. The maximum Gasteiger partial charge on any atom is 0.246 e. The Hall–Kier alpha value is -2.60. The van der Waals surface area contributed by atoms with Crippen molar-refractivity contribution in [1.82, 2.24) is 4.90 Å². The van der Waals surface area contributed by atoms with Gasteiger partial charge in [0.25, 0.3) is 0 Å². The van der Waals surface area contributed by atoms with Crippen LogP contribution in [0.15, 0.2) is 48.4 Å². The molecule has 1 aliphatic heterocycles. The maximum absolute atomic E-state index is 12.0. The van der Waals surface area contributed by atoms with E-state index in [0.717, 1.165) is 30.9 Å². The number of fused-ring (bicyclic) bond motifs is 1. The van der Waals surface area contributed by atoms with Gasteiger partial charge in [-0.05, 0) is 53.8 Å². The molecule has 0 saturated carbocycles. The summed E-state index contributed by atoms with van der Waals surface area (Å²) in [6.07, 6.45) is 2.27. The number of anilines is 2. The molecular weight excluding hydrogens is 334 g/mol. The molecule has 0 atom stereocenters. The molecule has 1 aromatic carbocycles. The van der Waals surface area contributed by atoms with E-state index in [2.05, 4.69) is 28.2 Å². The zero-order valence-electron chi connectivity index (χ0n) is 14.2. The van der Waals surface area contributed by atoms with E-state index in [4.69, 9.17) is 0 Å². The van der Waals surface area contributed by atoms with Gasteiger partial charge in [0.05, 0.1) is 6.54 Å². The van der Waals surface area contributed by atoms with Crippen molar-refractivity contribution in [3.8, 4) is 0 Å². The number of thiophene rings is 1. The van der Waals surface area contributed by atoms with Crippen LogP contribution in [0, 0.1) is 0 Å². The number of benzene rings is 1. The minimum absolute atomic E-state index is 0.000335. The maximum atomic E-state index is 12.0. The van der Waals surface area contributed by atoms with Gasteiger partial charge in [0.15, 0.2) is 0 Å². The first-order chi connectivity index (χ1) is 12.1. The third-order valence-corrected chi connectivity index (χ3v) is 5.28. The Bertz CT molecular complexity index is 782. The lowest BCUT2D eigenvalue weighted by Crippen LogP contribution is -2.33. The molecule has 3 rings (SSSR count). The molecule has 0 fully saturated rings. The Morgan fingerprint density at radius 1 is 1.32 bits per heavy atom. The average molecular weight is 355 g/mol. The van der Waals surface area contributed by atoms with Gasteiger partial charge in [0.1, 0.15) is 0 Å². The van der Waals surface area contributed by atoms with Gasteiger partial charge in [-0.2, -0.15) is 0 Å².